The minimum atomic E-state index is -0.788. The van der Waals surface area contributed by atoms with Crippen molar-refractivity contribution in [2.45, 2.75) is 193 Å². The summed E-state index contributed by atoms with van der Waals surface area (Å²) in [6.07, 6.45) is 51.4. The van der Waals surface area contributed by atoms with Gasteiger partial charge in [-0.1, -0.05) is 177 Å². The van der Waals surface area contributed by atoms with Crippen molar-refractivity contribution in [2.75, 3.05) is 13.2 Å². The van der Waals surface area contributed by atoms with Crippen molar-refractivity contribution in [3.8, 4) is 0 Å². The lowest BCUT2D eigenvalue weighted by Crippen LogP contribution is -2.28. The first kappa shape index (κ1) is 46.6. The van der Waals surface area contributed by atoms with Crippen LogP contribution in [0.2, 0.25) is 0 Å². The summed E-state index contributed by atoms with van der Waals surface area (Å²) in [5, 5.41) is 9.56. The van der Waals surface area contributed by atoms with E-state index in [2.05, 4.69) is 74.6 Å². The first-order valence-electron chi connectivity index (χ1n) is 20.3. The fourth-order valence-electron chi connectivity index (χ4n) is 5.52. The third-order valence-electron chi connectivity index (χ3n) is 8.58. The molecule has 1 atom stereocenters. The van der Waals surface area contributed by atoms with Gasteiger partial charge >= 0.3 is 11.9 Å². The molecule has 0 saturated heterocycles. The molecule has 282 valence electrons. The zero-order valence-corrected chi connectivity index (χ0v) is 31.9. The van der Waals surface area contributed by atoms with Crippen molar-refractivity contribution in [2.24, 2.45) is 0 Å². The first-order chi connectivity index (χ1) is 24.1. The molecule has 0 aliphatic carbocycles. The molecule has 49 heavy (non-hydrogen) atoms. The van der Waals surface area contributed by atoms with Crippen LogP contribution in [0.4, 0.5) is 0 Å². The van der Waals surface area contributed by atoms with Crippen LogP contribution in [0.1, 0.15) is 187 Å². The van der Waals surface area contributed by atoms with Crippen molar-refractivity contribution in [1.29, 1.82) is 0 Å². The van der Waals surface area contributed by atoms with E-state index in [9.17, 15) is 14.7 Å². The van der Waals surface area contributed by atoms with Gasteiger partial charge in [-0.05, 0) is 57.8 Å². The quantitative estimate of drug-likeness (QED) is 0.0404. The Labute approximate surface area is 302 Å². The summed E-state index contributed by atoms with van der Waals surface area (Å²) < 4.78 is 10.6. The van der Waals surface area contributed by atoms with Crippen molar-refractivity contribution < 1.29 is 24.2 Å². The van der Waals surface area contributed by atoms with Crippen molar-refractivity contribution >= 4 is 11.9 Å². The van der Waals surface area contributed by atoms with Gasteiger partial charge < -0.3 is 14.6 Å². The zero-order chi connectivity index (χ0) is 35.7. The second-order valence-corrected chi connectivity index (χ2v) is 13.3. The minimum absolute atomic E-state index is 0.0794. The van der Waals surface area contributed by atoms with E-state index in [0.717, 1.165) is 77.0 Å². The number of hydrogen-bond donors (Lipinski definition) is 1. The molecule has 0 unspecified atom stereocenters. The third-order valence-corrected chi connectivity index (χ3v) is 8.58. The molecule has 0 aliphatic rings. The van der Waals surface area contributed by atoms with Crippen LogP contribution in [-0.2, 0) is 19.1 Å². The lowest BCUT2D eigenvalue weighted by atomic mass is 10.0. The molecule has 1 N–H and O–H groups in total. The number of aliphatic hydroxyl groups is 1. The highest BCUT2D eigenvalue weighted by Gasteiger charge is 2.16. The van der Waals surface area contributed by atoms with Crippen LogP contribution in [0.5, 0.6) is 0 Å². The van der Waals surface area contributed by atoms with Gasteiger partial charge in [0.15, 0.2) is 6.10 Å². The Morgan fingerprint density at radius 2 is 0.878 bits per heavy atom. The van der Waals surface area contributed by atoms with E-state index in [4.69, 9.17) is 9.47 Å². The lowest BCUT2D eigenvalue weighted by Gasteiger charge is -2.15. The second kappa shape index (κ2) is 40.0. The van der Waals surface area contributed by atoms with Gasteiger partial charge in [0, 0.05) is 12.8 Å². The summed E-state index contributed by atoms with van der Waals surface area (Å²) in [6, 6.07) is 0. The van der Waals surface area contributed by atoms with Crippen molar-refractivity contribution in [1.82, 2.24) is 0 Å². The molecule has 0 fully saturated rings. The van der Waals surface area contributed by atoms with E-state index in [1.807, 2.05) is 0 Å². The Hall–Kier alpha value is -2.40. The molecule has 0 aromatic carbocycles. The molecule has 0 spiro atoms. The second-order valence-electron chi connectivity index (χ2n) is 13.3. The molecule has 0 aliphatic heterocycles. The van der Waals surface area contributed by atoms with Crippen molar-refractivity contribution in [3.63, 3.8) is 0 Å². The highest BCUT2D eigenvalue weighted by Crippen LogP contribution is 2.14. The van der Waals surface area contributed by atoms with E-state index in [-0.39, 0.29) is 25.2 Å². The first-order valence-corrected chi connectivity index (χ1v) is 20.3. The largest absolute Gasteiger partial charge is 0.462 e. The molecule has 5 nitrogen and oxygen atoms in total. The number of esters is 2. The van der Waals surface area contributed by atoms with Gasteiger partial charge in [0.05, 0.1) is 6.61 Å². The average Bonchev–Trinajstić information content (AvgIpc) is 3.10. The average molecular weight is 685 g/mol. The van der Waals surface area contributed by atoms with E-state index >= 15 is 0 Å². The third kappa shape index (κ3) is 38.3. The molecular formula is C44H76O5. The van der Waals surface area contributed by atoms with Crippen LogP contribution in [0.25, 0.3) is 0 Å². The van der Waals surface area contributed by atoms with Crippen molar-refractivity contribution in [3.05, 3.63) is 60.8 Å². The smallest absolute Gasteiger partial charge is 0.306 e. The van der Waals surface area contributed by atoms with E-state index in [1.165, 1.54) is 83.5 Å². The zero-order valence-electron chi connectivity index (χ0n) is 31.9. The fraction of sp³-hybridized carbons (Fsp3) is 0.727. The Bertz CT molecular complexity index is 869. The van der Waals surface area contributed by atoms with Crippen LogP contribution in [-0.4, -0.2) is 36.4 Å². The molecule has 0 bridgehead atoms. The number of rotatable bonds is 36. The summed E-state index contributed by atoms with van der Waals surface area (Å²) >= 11 is 0. The summed E-state index contributed by atoms with van der Waals surface area (Å²) in [6.45, 7) is 4.00. The molecule has 0 aromatic heterocycles. The monoisotopic (exact) mass is 685 g/mol. The molecule has 0 amide bonds. The molecule has 0 saturated carbocycles. The Morgan fingerprint density at radius 3 is 1.33 bits per heavy atom. The standard InChI is InChI=1S/C44H76O5/c1-3-5-7-9-11-13-15-17-19-21-22-23-25-27-29-31-33-35-37-39-44(47)49-42(40-45)41-48-43(46)38-36-34-32-30-28-26-24-20-18-16-14-12-10-8-6-4-2/h5,7,11,13,17,19,22-23,27,29,42,45H,3-4,6,8-10,12,14-16,18,20-21,24-26,28,30-41H2,1-2H3/b7-5-,13-11-,19-17-,23-22-,29-27-/t42-/m0/s1. The Morgan fingerprint density at radius 1 is 0.490 bits per heavy atom. The Balaban J connectivity index is 3.62. The summed E-state index contributed by atoms with van der Waals surface area (Å²) in [4.78, 5) is 24.3. The van der Waals surface area contributed by atoms with Crippen LogP contribution < -0.4 is 0 Å². The van der Waals surface area contributed by atoms with Gasteiger partial charge in [-0.25, -0.2) is 0 Å². The SMILES string of the molecule is CC/C=C\C/C=C\C/C=C\C/C=C\C/C=C\CCCCCC(=O)O[C@@H](CO)COC(=O)CCCCCCCCCCCCCCCCCC. The summed E-state index contributed by atoms with van der Waals surface area (Å²) in [7, 11) is 0. The van der Waals surface area contributed by atoms with Gasteiger partial charge in [-0.2, -0.15) is 0 Å². The van der Waals surface area contributed by atoms with Gasteiger partial charge in [-0.15, -0.1) is 0 Å². The van der Waals surface area contributed by atoms with Crippen LogP contribution in [0.15, 0.2) is 60.8 Å². The predicted octanol–water partition coefficient (Wildman–Crippen LogP) is 12.8. The molecule has 0 radical (unpaired) electrons. The molecule has 0 rings (SSSR count). The number of hydrogen-bond acceptors (Lipinski definition) is 5. The highest BCUT2D eigenvalue weighted by atomic mass is 16.6. The molecule has 5 heteroatoms. The maximum atomic E-state index is 12.2. The normalized spacial score (nSPS) is 12.8. The molecular weight excluding hydrogens is 608 g/mol. The number of carbonyl (C=O) groups is 2. The summed E-state index contributed by atoms with van der Waals surface area (Å²) in [5.74, 6) is -0.627. The van der Waals surface area contributed by atoms with E-state index < -0.39 is 6.10 Å². The van der Waals surface area contributed by atoms with Crippen LogP contribution in [0.3, 0.4) is 0 Å². The molecule has 0 heterocycles. The molecule has 0 aromatic rings. The number of allylic oxidation sites excluding steroid dienone is 10. The number of ether oxygens (including phenoxy) is 2. The minimum Gasteiger partial charge on any atom is -0.462 e. The van der Waals surface area contributed by atoms with Gasteiger partial charge in [-0.3, -0.25) is 9.59 Å². The van der Waals surface area contributed by atoms with Gasteiger partial charge in [0.25, 0.3) is 0 Å². The van der Waals surface area contributed by atoms with E-state index in [1.54, 1.807) is 0 Å². The maximum Gasteiger partial charge on any atom is 0.306 e. The van der Waals surface area contributed by atoms with Crippen LogP contribution in [0, 0.1) is 0 Å². The fourth-order valence-corrected chi connectivity index (χ4v) is 5.52. The topological polar surface area (TPSA) is 72.8 Å². The summed E-state index contributed by atoms with van der Waals surface area (Å²) in [5.41, 5.74) is 0. The highest BCUT2D eigenvalue weighted by molar-refractivity contribution is 5.70. The predicted molar refractivity (Wildman–Crippen MR) is 210 cm³/mol. The van der Waals surface area contributed by atoms with Crippen LogP contribution >= 0.6 is 0 Å². The Kier molecular flexibility index (Phi) is 38.1. The van der Waals surface area contributed by atoms with Gasteiger partial charge in [0.2, 0.25) is 0 Å². The maximum absolute atomic E-state index is 12.2. The van der Waals surface area contributed by atoms with E-state index in [0.29, 0.717) is 12.8 Å². The number of unbranched alkanes of at least 4 members (excludes halogenated alkanes) is 18. The number of carbonyl (C=O) groups excluding carboxylic acids is 2. The lowest BCUT2D eigenvalue weighted by molar-refractivity contribution is -0.161. The van der Waals surface area contributed by atoms with Gasteiger partial charge in [0.1, 0.15) is 6.61 Å². The number of aliphatic hydroxyl groups excluding tert-OH is 1.